The average Bonchev–Trinajstić information content (AvgIpc) is 1.97. The van der Waals surface area contributed by atoms with Crippen LogP contribution < -0.4 is 0 Å². The third kappa shape index (κ3) is 1.77. The molecule has 0 amide bonds. The maximum absolute atomic E-state index is 2.44. The quantitative estimate of drug-likeness (QED) is 0.579. The Morgan fingerprint density at radius 3 is 2.27 bits per heavy atom. The molecule has 0 saturated heterocycles. The molecule has 0 radical (unpaired) electrons. The van der Waals surface area contributed by atoms with E-state index in [1.54, 1.807) is 0 Å². The molecule has 0 bridgehead atoms. The van der Waals surface area contributed by atoms with E-state index in [2.05, 4.69) is 27.7 Å². The zero-order valence-corrected chi connectivity index (χ0v) is 8.48. The van der Waals surface area contributed by atoms with Crippen molar-refractivity contribution < 1.29 is 0 Å². The Bertz CT molecular complexity index is 120. The monoisotopic (exact) mass is 154 g/mol. The summed E-state index contributed by atoms with van der Waals surface area (Å²) >= 11 is 0. The van der Waals surface area contributed by atoms with E-state index in [1.807, 2.05) is 0 Å². The van der Waals surface area contributed by atoms with Crippen LogP contribution in [0.5, 0.6) is 0 Å². The van der Waals surface area contributed by atoms with Crippen molar-refractivity contribution in [1.82, 2.24) is 0 Å². The van der Waals surface area contributed by atoms with Gasteiger partial charge >= 0.3 is 0 Å². The van der Waals surface area contributed by atoms with Gasteiger partial charge in [0.05, 0.1) is 0 Å². The van der Waals surface area contributed by atoms with Crippen molar-refractivity contribution in [3.05, 3.63) is 0 Å². The van der Waals surface area contributed by atoms with Crippen molar-refractivity contribution in [2.45, 2.75) is 53.4 Å². The molecule has 11 heavy (non-hydrogen) atoms. The molecule has 0 aliphatic heterocycles. The van der Waals surface area contributed by atoms with Crippen molar-refractivity contribution in [1.29, 1.82) is 0 Å². The third-order valence-electron chi connectivity index (χ3n) is 3.81. The first-order chi connectivity index (χ1) is 5.11. The van der Waals surface area contributed by atoms with Gasteiger partial charge < -0.3 is 0 Å². The lowest BCUT2D eigenvalue weighted by Gasteiger charge is -2.47. The molecule has 1 fully saturated rings. The first kappa shape index (κ1) is 9.09. The second-order valence-electron chi connectivity index (χ2n) is 4.72. The lowest BCUT2D eigenvalue weighted by Crippen LogP contribution is -2.37. The van der Waals surface area contributed by atoms with Crippen molar-refractivity contribution in [3.8, 4) is 0 Å². The molecule has 0 heteroatoms. The minimum Gasteiger partial charge on any atom is -0.0651 e. The van der Waals surface area contributed by atoms with E-state index in [0.29, 0.717) is 5.41 Å². The van der Waals surface area contributed by atoms with Gasteiger partial charge in [0.15, 0.2) is 0 Å². The Morgan fingerprint density at radius 2 is 1.91 bits per heavy atom. The van der Waals surface area contributed by atoms with Gasteiger partial charge in [-0.2, -0.15) is 0 Å². The summed E-state index contributed by atoms with van der Waals surface area (Å²) in [5.41, 5.74) is 0.716. The zero-order chi connectivity index (χ0) is 8.48. The van der Waals surface area contributed by atoms with Gasteiger partial charge in [0, 0.05) is 0 Å². The van der Waals surface area contributed by atoms with E-state index in [4.69, 9.17) is 0 Å². The van der Waals surface area contributed by atoms with E-state index in [1.165, 1.54) is 25.7 Å². The first-order valence-corrected chi connectivity index (χ1v) is 5.11. The Hall–Kier alpha value is 0. The van der Waals surface area contributed by atoms with Gasteiger partial charge in [0.25, 0.3) is 0 Å². The summed E-state index contributed by atoms with van der Waals surface area (Å²) in [5.74, 6) is 2.01. The summed E-state index contributed by atoms with van der Waals surface area (Å²) in [5, 5.41) is 0. The van der Waals surface area contributed by atoms with Gasteiger partial charge in [-0.25, -0.2) is 0 Å². The Balaban J connectivity index is 2.28. The second kappa shape index (κ2) is 3.16. The van der Waals surface area contributed by atoms with Crippen LogP contribution in [-0.2, 0) is 0 Å². The van der Waals surface area contributed by atoms with Crippen LogP contribution in [0.15, 0.2) is 0 Å². The van der Waals surface area contributed by atoms with Crippen molar-refractivity contribution in [3.63, 3.8) is 0 Å². The molecular formula is C11H22. The van der Waals surface area contributed by atoms with E-state index in [9.17, 15) is 0 Å². The number of rotatable bonds is 3. The standard InChI is InChI=1S/C11H22/c1-5-9(3)10-7-11(4,6-2)8-10/h9-10H,5-8H2,1-4H3. The van der Waals surface area contributed by atoms with Crippen LogP contribution in [0.25, 0.3) is 0 Å². The summed E-state index contributed by atoms with van der Waals surface area (Å²) in [7, 11) is 0. The second-order valence-corrected chi connectivity index (χ2v) is 4.72. The molecule has 1 aliphatic rings. The van der Waals surface area contributed by atoms with Gasteiger partial charge in [0.1, 0.15) is 0 Å². The summed E-state index contributed by atoms with van der Waals surface area (Å²) in [6.45, 7) is 9.48. The lowest BCUT2D eigenvalue weighted by molar-refractivity contribution is 0.0332. The largest absolute Gasteiger partial charge is 0.0651 e. The minimum atomic E-state index is 0.716. The van der Waals surface area contributed by atoms with Gasteiger partial charge in [-0.3, -0.25) is 0 Å². The molecule has 1 atom stereocenters. The number of hydrogen-bond donors (Lipinski definition) is 0. The Morgan fingerprint density at radius 1 is 1.36 bits per heavy atom. The molecule has 0 nitrogen and oxygen atoms in total. The van der Waals surface area contributed by atoms with Crippen molar-refractivity contribution in [2.24, 2.45) is 17.3 Å². The maximum atomic E-state index is 2.44. The van der Waals surface area contributed by atoms with E-state index in [0.717, 1.165) is 11.8 Å². The predicted octanol–water partition coefficient (Wildman–Crippen LogP) is 3.86. The summed E-state index contributed by atoms with van der Waals surface area (Å²) < 4.78 is 0. The highest BCUT2D eigenvalue weighted by Crippen LogP contribution is 2.51. The van der Waals surface area contributed by atoms with Crippen molar-refractivity contribution >= 4 is 0 Å². The molecule has 0 heterocycles. The molecule has 0 aromatic carbocycles. The molecular weight excluding hydrogens is 132 g/mol. The topological polar surface area (TPSA) is 0 Å². The van der Waals surface area contributed by atoms with Gasteiger partial charge in [0.2, 0.25) is 0 Å². The third-order valence-corrected chi connectivity index (χ3v) is 3.81. The molecule has 0 spiro atoms. The molecule has 0 N–H and O–H groups in total. The van der Waals surface area contributed by atoms with Crippen LogP contribution in [0, 0.1) is 17.3 Å². The normalized spacial score (nSPS) is 39.8. The fourth-order valence-electron chi connectivity index (χ4n) is 2.23. The van der Waals surface area contributed by atoms with Crippen molar-refractivity contribution in [2.75, 3.05) is 0 Å². The summed E-state index contributed by atoms with van der Waals surface area (Å²) in [6.07, 6.45) is 5.71. The molecule has 1 unspecified atom stereocenters. The van der Waals surface area contributed by atoms with E-state index < -0.39 is 0 Å². The molecule has 0 aromatic rings. The van der Waals surface area contributed by atoms with Gasteiger partial charge in [-0.05, 0) is 30.1 Å². The highest BCUT2D eigenvalue weighted by atomic mass is 14.4. The average molecular weight is 154 g/mol. The molecule has 1 rings (SSSR count). The van der Waals surface area contributed by atoms with E-state index >= 15 is 0 Å². The maximum Gasteiger partial charge on any atom is -0.0323 e. The van der Waals surface area contributed by atoms with Gasteiger partial charge in [-0.1, -0.05) is 40.5 Å². The molecule has 1 saturated carbocycles. The smallest absolute Gasteiger partial charge is 0.0323 e. The van der Waals surface area contributed by atoms with Crippen LogP contribution in [0.4, 0.5) is 0 Å². The van der Waals surface area contributed by atoms with Crippen LogP contribution in [0.1, 0.15) is 53.4 Å². The van der Waals surface area contributed by atoms with Crippen LogP contribution in [0.3, 0.4) is 0 Å². The lowest BCUT2D eigenvalue weighted by atomic mass is 9.58. The minimum absolute atomic E-state index is 0.716. The van der Waals surface area contributed by atoms with Crippen LogP contribution >= 0.6 is 0 Å². The predicted molar refractivity (Wildman–Crippen MR) is 50.6 cm³/mol. The summed E-state index contributed by atoms with van der Waals surface area (Å²) in [6, 6.07) is 0. The van der Waals surface area contributed by atoms with Crippen LogP contribution in [-0.4, -0.2) is 0 Å². The van der Waals surface area contributed by atoms with Gasteiger partial charge in [-0.15, -0.1) is 0 Å². The highest BCUT2D eigenvalue weighted by molar-refractivity contribution is 4.90. The fraction of sp³-hybridized carbons (Fsp3) is 1.00. The SMILES string of the molecule is CCC(C)C1CC(C)(CC)C1. The zero-order valence-electron chi connectivity index (χ0n) is 8.48. The molecule has 66 valence electrons. The van der Waals surface area contributed by atoms with Crippen LogP contribution in [0.2, 0.25) is 0 Å². The number of hydrogen-bond acceptors (Lipinski definition) is 0. The van der Waals surface area contributed by atoms with E-state index in [-0.39, 0.29) is 0 Å². The Labute approximate surface area is 71.4 Å². The Kier molecular flexibility index (Phi) is 2.61. The molecule has 1 aliphatic carbocycles. The fourth-order valence-corrected chi connectivity index (χ4v) is 2.23. The highest BCUT2D eigenvalue weighted by Gasteiger charge is 2.40. The summed E-state index contributed by atoms with van der Waals surface area (Å²) in [4.78, 5) is 0. The first-order valence-electron chi connectivity index (χ1n) is 5.11. The molecule has 0 aromatic heterocycles.